The molecule has 1 atom stereocenters. The maximum atomic E-state index is 6.00. The Bertz CT molecular complexity index is 544. The average Bonchev–Trinajstić information content (AvgIpc) is 2.41. The molecule has 0 fully saturated rings. The number of aliphatic imine (C=N–C) groups is 1. The van der Waals surface area contributed by atoms with Gasteiger partial charge in [-0.2, -0.15) is 0 Å². The molecule has 0 saturated heterocycles. The molecule has 1 unspecified atom stereocenters. The standard InChI is InChI=1S/C12H17N3O/c1-11(2,3)10-15-8-5-12(4,13)7-14-6-9(8)16-10/h5-7H,13H2,1-4H3. The lowest BCUT2D eigenvalue weighted by Gasteiger charge is -2.12. The minimum atomic E-state index is -0.576. The van der Waals surface area contributed by atoms with E-state index >= 15 is 0 Å². The van der Waals surface area contributed by atoms with Crippen LogP contribution in [0, 0.1) is 0 Å². The van der Waals surface area contributed by atoms with Crippen LogP contribution in [0.5, 0.6) is 0 Å². The van der Waals surface area contributed by atoms with Gasteiger partial charge in [-0.05, 0) is 13.0 Å². The molecule has 0 amide bonds. The fourth-order valence-corrected chi connectivity index (χ4v) is 1.46. The van der Waals surface area contributed by atoms with Gasteiger partial charge in [-0.15, -0.1) is 0 Å². The average molecular weight is 219 g/mol. The van der Waals surface area contributed by atoms with Crippen LogP contribution in [0.15, 0.2) is 9.41 Å². The smallest absolute Gasteiger partial charge is 0.200 e. The van der Waals surface area contributed by atoms with Crippen molar-refractivity contribution >= 4 is 18.5 Å². The maximum Gasteiger partial charge on any atom is 0.200 e. The molecule has 1 aliphatic heterocycles. The van der Waals surface area contributed by atoms with Crippen LogP contribution in [0.25, 0.3) is 12.3 Å². The SMILES string of the molecule is CC1(N)C=NC=c2oc(C(C)(C)C)nc2=C1. The summed E-state index contributed by atoms with van der Waals surface area (Å²) in [5.41, 5.74) is 6.00. The lowest BCUT2D eigenvalue weighted by atomic mass is 9.97. The van der Waals surface area contributed by atoms with Gasteiger partial charge in [0.15, 0.2) is 5.42 Å². The van der Waals surface area contributed by atoms with E-state index in [0.29, 0.717) is 11.3 Å². The van der Waals surface area contributed by atoms with Crippen LogP contribution in [0.3, 0.4) is 0 Å². The summed E-state index contributed by atoms with van der Waals surface area (Å²) in [5.74, 6) is 0.706. The van der Waals surface area contributed by atoms with E-state index in [4.69, 9.17) is 10.2 Å². The van der Waals surface area contributed by atoms with Crippen molar-refractivity contribution in [1.82, 2.24) is 4.98 Å². The van der Waals surface area contributed by atoms with Crippen LogP contribution in [-0.4, -0.2) is 16.7 Å². The molecule has 4 heteroatoms. The van der Waals surface area contributed by atoms with Crippen molar-refractivity contribution < 1.29 is 4.42 Å². The number of aromatic nitrogens is 1. The number of rotatable bonds is 0. The quantitative estimate of drug-likeness (QED) is 0.682. The van der Waals surface area contributed by atoms with E-state index < -0.39 is 5.54 Å². The van der Waals surface area contributed by atoms with Crippen molar-refractivity contribution in [3.8, 4) is 0 Å². The van der Waals surface area contributed by atoms with E-state index in [1.165, 1.54) is 0 Å². The Morgan fingerprint density at radius 1 is 1.38 bits per heavy atom. The van der Waals surface area contributed by atoms with E-state index in [9.17, 15) is 0 Å². The third-order valence-electron chi connectivity index (χ3n) is 2.31. The van der Waals surface area contributed by atoms with Crippen LogP contribution in [-0.2, 0) is 5.41 Å². The van der Waals surface area contributed by atoms with Gasteiger partial charge in [-0.25, -0.2) is 4.98 Å². The number of nitrogens with zero attached hydrogens (tertiary/aromatic N) is 2. The lowest BCUT2D eigenvalue weighted by Crippen LogP contribution is -2.38. The normalized spacial score (nSPS) is 24.3. The molecule has 0 aliphatic carbocycles. The summed E-state index contributed by atoms with van der Waals surface area (Å²) < 4.78 is 5.68. The predicted octanol–water partition coefficient (Wildman–Crippen LogP) is 0.292. The monoisotopic (exact) mass is 219 g/mol. The predicted molar refractivity (Wildman–Crippen MR) is 64.5 cm³/mol. The summed E-state index contributed by atoms with van der Waals surface area (Å²) in [5, 5.41) is 0.771. The molecule has 2 N–H and O–H groups in total. The van der Waals surface area contributed by atoms with Gasteiger partial charge in [-0.3, -0.25) is 4.99 Å². The van der Waals surface area contributed by atoms with Gasteiger partial charge >= 0.3 is 0 Å². The van der Waals surface area contributed by atoms with Crippen LogP contribution in [0.4, 0.5) is 0 Å². The summed E-state index contributed by atoms with van der Waals surface area (Å²) >= 11 is 0. The van der Waals surface area contributed by atoms with Gasteiger partial charge in [0.2, 0.25) is 5.89 Å². The molecule has 1 aromatic rings. The summed E-state index contributed by atoms with van der Waals surface area (Å²) in [6, 6.07) is 0. The lowest BCUT2D eigenvalue weighted by molar-refractivity contribution is 0.378. The highest BCUT2D eigenvalue weighted by atomic mass is 16.3. The molecule has 0 bridgehead atoms. The Hall–Kier alpha value is -1.42. The van der Waals surface area contributed by atoms with Gasteiger partial charge in [0, 0.05) is 11.6 Å². The van der Waals surface area contributed by atoms with Gasteiger partial charge < -0.3 is 10.2 Å². The third kappa shape index (κ3) is 2.07. The molecule has 0 saturated carbocycles. The highest BCUT2D eigenvalue weighted by molar-refractivity contribution is 5.81. The van der Waals surface area contributed by atoms with Crippen molar-refractivity contribution in [3.63, 3.8) is 0 Å². The minimum Gasteiger partial charge on any atom is -0.439 e. The first kappa shape index (κ1) is 11.1. The van der Waals surface area contributed by atoms with Crippen LogP contribution >= 0.6 is 0 Å². The van der Waals surface area contributed by atoms with Gasteiger partial charge in [0.25, 0.3) is 0 Å². The highest BCUT2D eigenvalue weighted by Gasteiger charge is 2.21. The number of fused-ring (bicyclic) bond motifs is 1. The Kier molecular flexibility index (Phi) is 2.27. The molecule has 2 heterocycles. The second-order valence-electron chi connectivity index (χ2n) is 5.44. The first-order valence-corrected chi connectivity index (χ1v) is 5.32. The molecule has 1 aliphatic rings. The Morgan fingerprint density at radius 2 is 2.06 bits per heavy atom. The molecule has 1 aromatic heterocycles. The molecule has 0 radical (unpaired) electrons. The van der Waals surface area contributed by atoms with Crippen molar-refractivity contribution in [1.29, 1.82) is 0 Å². The molecule has 86 valence electrons. The van der Waals surface area contributed by atoms with Crippen molar-refractivity contribution in [2.45, 2.75) is 38.6 Å². The highest BCUT2D eigenvalue weighted by Crippen LogP contribution is 2.17. The Labute approximate surface area is 94.6 Å². The maximum absolute atomic E-state index is 6.00. The van der Waals surface area contributed by atoms with Crippen molar-refractivity contribution in [2.24, 2.45) is 10.7 Å². The van der Waals surface area contributed by atoms with Crippen molar-refractivity contribution in [3.05, 3.63) is 16.7 Å². The molecular weight excluding hydrogens is 202 g/mol. The number of nitrogens with two attached hydrogens (primary N) is 1. The van der Waals surface area contributed by atoms with Crippen LogP contribution in [0.1, 0.15) is 33.6 Å². The van der Waals surface area contributed by atoms with Gasteiger partial charge in [0.05, 0.1) is 11.7 Å². The largest absolute Gasteiger partial charge is 0.439 e. The second kappa shape index (κ2) is 3.28. The fourth-order valence-electron chi connectivity index (χ4n) is 1.46. The topological polar surface area (TPSA) is 64.4 Å². The molecule has 0 aromatic carbocycles. The van der Waals surface area contributed by atoms with Gasteiger partial charge in [0.1, 0.15) is 5.35 Å². The van der Waals surface area contributed by atoms with E-state index in [1.807, 2.05) is 13.0 Å². The zero-order valence-electron chi connectivity index (χ0n) is 10.1. The minimum absolute atomic E-state index is 0.109. The van der Waals surface area contributed by atoms with E-state index in [-0.39, 0.29) is 5.41 Å². The molecule has 2 rings (SSSR count). The molecule has 4 nitrogen and oxygen atoms in total. The zero-order chi connectivity index (χ0) is 12.0. The van der Waals surface area contributed by atoms with E-state index in [2.05, 4.69) is 30.7 Å². The second-order valence-corrected chi connectivity index (χ2v) is 5.44. The molecule has 0 spiro atoms. The molecule has 16 heavy (non-hydrogen) atoms. The summed E-state index contributed by atoms with van der Waals surface area (Å²) in [6.07, 6.45) is 5.21. The first-order chi connectivity index (χ1) is 7.28. The van der Waals surface area contributed by atoms with E-state index in [1.54, 1.807) is 12.4 Å². The number of hydrogen-bond donors (Lipinski definition) is 1. The Balaban J connectivity index is 2.66. The van der Waals surface area contributed by atoms with Crippen LogP contribution < -0.4 is 16.5 Å². The third-order valence-corrected chi connectivity index (χ3v) is 2.31. The number of hydrogen-bond acceptors (Lipinski definition) is 4. The summed E-state index contributed by atoms with van der Waals surface area (Å²) in [7, 11) is 0. The molecular formula is C12H17N3O. The number of oxazole rings is 1. The van der Waals surface area contributed by atoms with E-state index in [0.717, 1.165) is 5.35 Å². The van der Waals surface area contributed by atoms with Crippen LogP contribution in [0.2, 0.25) is 0 Å². The first-order valence-electron chi connectivity index (χ1n) is 5.32. The van der Waals surface area contributed by atoms with Crippen molar-refractivity contribution in [2.75, 3.05) is 0 Å². The summed E-state index contributed by atoms with van der Waals surface area (Å²) in [4.78, 5) is 8.58. The zero-order valence-corrected chi connectivity index (χ0v) is 10.1. The summed E-state index contributed by atoms with van der Waals surface area (Å²) in [6.45, 7) is 8.06. The fraction of sp³-hybridized carbons (Fsp3) is 0.500. The Morgan fingerprint density at radius 3 is 2.69 bits per heavy atom. The van der Waals surface area contributed by atoms with Gasteiger partial charge in [-0.1, -0.05) is 20.8 Å².